The van der Waals surface area contributed by atoms with Gasteiger partial charge in [-0.15, -0.1) is 0 Å². The predicted molar refractivity (Wildman–Crippen MR) is 327 cm³/mol. The molecule has 0 N–H and O–H groups in total. The quantitative estimate of drug-likeness (QED) is 0.127. The number of para-hydroxylation sites is 2. The van der Waals surface area contributed by atoms with Gasteiger partial charge in [0, 0.05) is 38.3 Å². The third kappa shape index (κ3) is 5.55. The molecule has 0 spiro atoms. The van der Waals surface area contributed by atoms with Crippen molar-refractivity contribution in [3.8, 4) is 34.4 Å². The van der Waals surface area contributed by atoms with Crippen molar-refractivity contribution in [3.63, 3.8) is 0 Å². The van der Waals surface area contributed by atoms with Crippen LogP contribution in [0.3, 0.4) is 0 Å². The average Bonchev–Trinajstić information content (AvgIpc) is 3.01. The molecule has 2 aromatic heterocycles. The smallest absolute Gasteiger partial charge is 0.135 e. The lowest BCUT2D eigenvalue weighted by atomic mass is 9.86. The van der Waals surface area contributed by atoms with Gasteiger partial charge < -0.3 is 13.7 Å². The monoisotopic (exact) mass is 999 g/mol. The van der Waals surface area contributed by atoms with Crippen LogP contribution in [0.1, 0.15) is 11.1 Å². The molecule has 0 saturated heterocycles. The number of benzene rings is 14. The molecule has 0 amide bonds. The maximum absolute atomic E-state index is 9.89. The normalized spacial score (nSPS) is 12.3. The van der Waals surface area contributed by atoms with Gasteiger partial charge in [0.2, 0.25) is 0 Å². The second-order valence-corrected chi connectivity index (χ2v) is 21.2. The fraction of sp³-hybridized carbons (Fsp3) is 0. The highest BCUT2D eigenvalue weighted by Crippen LogP contribution is 2.58. The van der Waals surface area contributed by atoms with Crippen molar-refractivity contribution in [1.29, 1.82) is 10.5 Å². The zero-order valence-corrected chi connectivity index (χ0v) is 42.0. The summed E-state index contributed by atoms with van der Waals surface area (Å²) in [6.45, 7) is 0. The van der Waals surface area contributed by atoms with E-state index in [1.807, 2.05) is 60.7 Å². The van der Waals surface area contributed by atoms with Gasteiger partial charge in [0.05, 0.1) is 29.0 Å². The van der Waals surface area contributed by atoms with E-state index in [2.05, 4.69) is 181 Å². The molecule has 79 heavy (non-hydrogen) atoms. The Hall–Kier alpha value is -11.0. The summed E-state index contributed by atoms with van der Waals surface area (Å²) in [5, 5.41) is 46.1. The molecule has 0 unspecified atom stereocenters. The highest BCUT2D eigenvalue weighted by Gasteiger charge is 2.31. The van der Waals surface area contributed by atoms with E-state index in [1.54, 1.807) is 0 Å². The van der Waals surface area contributed by atoms with E-state index in [1.165, 1.54) is 86.5 Å². The van der Waals surface area contributed by atoms with Crippen molar-refractivity contribution in [2.75, 3.05) is 4.90 Å². The lowest BCUT2D eigenvalue weighted by Gasteiger charge is -2.27. The van der Waals surface area contributed by atoms with Crippen LogP contribution in [0.5, 0.6) is 0 Å². The van der Waals surface area contributed by atoms with Gasteiger partial charge in [-0.05, 0) is 205 Å². The fourth-order valence-corrected chi connectivity index (χ4v) is 14.1. The topological polar surface area (TPSA) is 77.1 Å². The molecular weight excluding hydrogens is 963 g/mol. The van der Waals surface area contributed by atoms with Crippen LogP contribution in [-0.4, -0.2) is 0 Å². The van der Waals surface area contributed by atoms with E-state index in [0.717, 1.165) is 93.6 Å². The van der Waals surface area contributed by atoms with Crippen LogP contribution in [0.15, 0.2) is 233 Å². The number of anilines is 3. The van der Waals surface area contributed by atoms with Gasteiger partial charge in [0.25, 0.3) is 0 Å². The van der Waals surface area contributed by atoms with Crippen molar-refractivity contribution < 1.29 is 8.83 Å². The van der Waals surface area contributed by atoms with Crippen LogP contribution in [0.2, 0.25) is 0 Å². The Kier molecular flexibility index (Phi) is 8.20. The molecule has 360 valence electrons. The third-order valence-electron chi connectivity index (χ3n) is 17.3. The van der Waals surface area contributed by atoms with Gasteiger partial charge in [-0.3, -0.25) is 0 Å². The molecule has 0 aliphatic carbocycles. The van der Waals surface area contributed by atoms with E-state index in [4.69, 9.17) is 8.83 Å². The Bertz CT molecular complexity index is 5450. The number of fused-ring (bicyclic) bond motifs is 14. The van der Waals surface area contributed by atoms with Gasteiger partial charge in [-0.1, -0.05) is 133 Å². The molecule has 5 nitrogen and oxygen atoms in total. The Morgan fingerprint density at radius 1 is 0.278 bits per heavy atom. The molecule has 18 aromatic rings. The average molecular weight is 1000 g/mol. The third-order valence-corrected chi connectivity index (χ3v) is 17.3. The van der Waals surface area contributed by atoms with Crippen molar-refractivity contribution in [1.82, 2.24) is 0 Å². The van der Waals surface area contributed by atoms with Gasteiger partial charge >= 0.3 is 0 Å². The zero-order chi connectivity index (χ0) is 51.8. The SMILES string of the molecule is N#Cc1ccc(N(c2ccc(C#N)cc2)c2ccc3c4c(-c5ccc6oc7ccccc7c6c5)c5c6ccc7c8cccc9cccc(c%10ccc(c5c(-c5ccc%11oc%12ccccc%12c%11c5)c4c4cccc2c43)c6c%107)c98)cc1. The molecule has 0 atom stereocenters. The Morgan fingerprint density at radius 3 is 1.20 bits per heavy atom. The highest BCUT2D eigenvalue weighted by atomic mass is 16.3. The molecule has 0 aliphatic heterocycles. The minimum Gasteiger partial charge on any atom is -0.456 e. The number of nitrogens with zero attached hydrogens (tertiary/aromatic N) is 3. The van der Waals surface area contributed by atoms with E-state index >= 15 is 0 Å². The van der Waals surface area contributed by atoms with E-state index in [0.29, 0.717) is 11.1 Å². The zero-order valence-electron chi connectivity index (χ0n) is 42.0. The molecule has 18 rings (SSSR count). The molecular formula is C74H37N3O2. The predicted octanol–water partition coefficient (Wildman–Crippen LogP) is 20.7. The van der Waals surface area contributed by atoms with E-state index in [9.17, 15) is 10.5 Å². The summed E-state index contributed by atoms with van der Waals surface area (Å²) in [7, 11) is 0. The first-order valence-corrected chi connectivity index (χ1v) is 26.7. The first-order chi connectivity index (χ1) is 39.1. The molecule has 0 radical (unpaired) electrons. The second-order valence-electron chi connectivity index (χ2n) is 21.2. The molecule has 0 saturated carbocycles. The summed E-state index contributed by atoms with van der Waals surface area (Å²) in [5.41, 5.74) is 12.0. The minimum absolute atomic E-state index is 0.583. The maximum Gasteiger partial charge on any atom is 0.135 e. The number of nitriles is 2. The number of furan rings is 2. The minimum atomic E-state index is 0.583. The molecule has 0 bridgehead atoms. The molecule has 16 aromatic carbocycles. The first-order valence-electron chi connectivity index (χ1n) is 26.7. The Morgan fingerprint density at radius 2 is 0.671 bits per heavy atom. The number of hydrogen-bond donors (Lipinski definition) is 0. The second kappa shape index (κ2) is 15.3. The van der Waals surface area contributed by atoms with Crippen LogP contribution in [0.4, 0.5) is 17.1 Å². The van der Waals surface area contributed by atoms with Gasteiger partial charge in [0.1, 0.15) is 22.3 Å². The lowest BCUT2D eigenvalue weighted by molar-refractivity contribution is 0.668. The van der Waals surface area contributed by atoms with Crippen LogP contribution in [0.25, 0.3) is 163 Å². The van der Waals surface area contributed by atoms with Crippen LogP contribution in [0, 0.1) is 22.7 Å². The Labute approximate surface area is 449 Å². The van der Waals surface area contributed by atoms with Crippen molar-refractivity contribution >= 4 is 158 Å². The first kappa shape index (κ1) is 42.3. The van der Waals surface area contributed by atoms with Crippen LogP contribution < -0.4 is 4.90 Å². The van der Waals surface area contributed by atoms with E-state index in [-0.39, 0.29) is 0 Å². The van der Waals surface area contributed by atoms with Crippen molar-refractivity contribution in [2.45, 2.75) is 0 Å². The summed E-state index contributed by atoms with van der Waals surface area (Å²) in [5.74, 6) is 0. The van der Waals surface area contributed by atoms with Crippen molar-refractivity contribution in [3.05, 3.63) is 236 Å². The molecule has 0 fully saturated rings. The van der Waals surface area contributed by atoms with Gasteiger partial charge in [-0.25, -0.2) is 0 Å². The van der Waals surface area contributed by atoms with Crippen molar-refractivity contribution in [2.24, 2.45) is 0 Å². The van der Waals surface area contributed by atoms with E-state index < -0.39 is 0 Å². The summed E-state index contributed by atoms with van der Waals surface area (Å²) in [4.78, 5) is 2.25. The highest BCUT2D eigenvalue weighted by molar-refractivity contribution is 6.50. The molecule has 5 heteroatoms. The lowest BCUT2D eigenvalue weighted by Crippen LogP contribution is -2.10. The summed E-state index contributed by atoms with van der Waals surface area (Å²) in [6, 6.07) is 84.9. The summed E-state index contributed by atoms with van der Waals surface area (Å²) < 4.78 is 13.1. The summed E-state index contributed by atoms with van der Waals surface area (Å²) in [6.07, 6.45) is 0. The van der Waals surface area contributed by atoms with Gasteiger partial charge in [0.15, 0.2) is 0 Å². The standard InChI is InChI=1S/C74H37N3O2/c75-38-40-18-24-45(25-19-40)77(46-26-20-41(39-76)21-27-46)60-33-32-55-68-53(60)14-7-15-54(68)71-66(43-22-34-63-58(36-43)47-10-1-3-16-61(47)78-63)73-56-30-28-51-49-12-5-8-42-9-6-13-50(65(42)49)52-29-31-57(70(56)69(51)52)74(73)67(72(55)71)44-23-35-64-59(37-44)48-11-2-4-17-62(48)79-64/h1-37H. The summed E-state index contributed by atoms with van der Waals surface area (Å²) >= 11 is 0. The maximum atomic E-state index is 9.89. The molecule has 0 aliphatic rings. The van der Waals surface area contributed by atoms with Crippen LogP contribution in [-0.2, 0) is 0 Å². The number of rotatable bonds is 5. The van der Waals surface area contributed by atoms with Crippen LogP contribution >= 0.6 is 0 Å². The molecule has 2 heterocycles. The number of hydrogen-bond acceptors (Lipinski definition) is 5. The largest absolute Gasteiger partial charge is 0.456 e. The Balaban J connectivity index is 1.06. The fourth-order valence-electron chi connectivity index (χ4n) is 14.1. The van der Waals surface area contributed by atoms with Gasteiger partial charge in [-0.2, -0.15) is 10.5 Å².